The Morgan fingerprint density at radius 1 is 1.35 bits per heavy atom. The summed E-state index contributed by atoms with van der Waals surface area (Å²) in [6, 6.07) is 1.22. The van der Waals surface area contributed by atoms with Crippen LogP contribution in [0.5, 0.6) is 0 Å². The van der Waals surface area contributed by atoms with E-state index in [9.17, 15) is 9.59 Å². The van der Waals surface area contributed by atoms with Crippen molar-refractivity contribution in [1.82, 2.24) is 20.8 Å². The van der Waals surface area contributed by atoms with Crippen LogP contribution in [0.3, 0.4) is 0 Å². The Labute approximate surface area is 137 Å². The molecule has 2 aromatic heterocycles. The highest BCUT2D eigenvalue weighted by Crippen LogP contribution is 2.26. The lowest BCUT2D eigenvalue weighted by Gasteiger charge is -2.07. The third kappa shape index (κ3) is 5.13. The lowest BCUT2D eigenvalue weighted by molar-refractivity contribution is -0.117. The van der Waals surface area contributed by atoms with Crippen LogP contribution in [0, 0.1) is 12.8 Å². The van der Waals surface area contributed by atoms with Crippen LogP contribution in [-0.2, 0) is 4.79 Å². The van der Waals surface area contributed by atoms with Gasteiger partial charge in [0.2, 0.25) is 5.91 Å². The molecule has 0 aliphatic rings. The first-order valence-electron chi connectivity index (χ1n) is 7.04. The highest BCUT2D eigenvalue weighted by molar-refractivity contribution is 7.99. The van der Waals surface area contributed by atoms with E-state index in [2.05, 4.69) is 20.8 Å². The molecule has 0 atom stereocenters. The van der Waals surface area contributed by atoms with Gasteiger partial charge in [-0.2, -0.15) is 0 Å². The largest absolute Gasteiger partial charge is 0.469 e. The van der Waals surface area contributed by atoms with Gasteiger partial charge in [-0.1, -0.05) is 25.6 Å². The summed E-state index contributed by atoms with van der Waals surface area (Å²) in [6.07, 6.45) is 1.53. The predicted molar refractivity (Wildman–Crippen MR) is 83.8 cm³/mol. The molecule has 0 fully saturated rings. The Hall–Kier alpha value is -2.29. The van der Waals surface area contributed by atoms with Gasteiger partial charge >= 0.3 is 6.03 Å². The first-order chi connectivity index (χ1) is 11.0. The molecule has 8 nitrogen and oxygen atoms in total. The predicted octanol–water partition coefficient (Wildman–Crippen LogP) is 2.21. The summed E-state index contributed by atoms with van der Waals surface area (Å²) < 4.78 is 10.6. The van der Waals surface area contributed by atoms with Crippen molar-refractivity contribution in [3.05, 3.63) is 18.1 Å². The Balaban J connectivity index is 1.80. The lowest BCUT2D eigenvalue weighted by Crippen LogP contribution is -2.41. The molecule has 0 aromatic carbocycles. The van der Waals surface area contributed by atoms with Gasteiger partial charge in [-0.25, -0.2) is 4.79 Å². The van der Waals surface area contributed by atoms with Crippen molar-refractivity contribution >= 4 is 23.7 Å². The van der Waals surface area contributed by atoms with E-state index in [1.165, 1.54) is 6.26 Å². The zero-order valence-corrected chi connectivity index (χ0v) is 13.9. The van der Waals surface area contributed by atoms with Crippen molar-refractivity contribution in [3.63, 3.8) is 0 Å². The Morgan fingerprint density at radius 2 is 2.13 bits per heavy atom. The fourth-order valence-electron chi connectivity index (χ4n) is 1.61. The van der Waals surface area contributed by atoms with E-state index in [1.807, 2.05) is 13.8 Å². The summed E-state index contributed by atoms with van der Waals surface area (Å²) in [7, 11) is 0. The third-order valence-electron chi connectivity index (χ3n) is 2.75. The number of amides is 3. The van der Waals surface area contributed by atoms with Crippen LogP contribution in [0.25, 0.3) is 11.5 Å². The molecular weight excluding hydrogens is 320 g/mol. The average molecular weight is 338 g/mol. The Kier molecular flexibility index (Phi) is 5.80. The number of carbonyl (C=O) groups excluding carboxylic acids is 2. The summed E-state index contributed by atoms with van der Waals surface area (Å²) >= 11 is 1.06. The van der Waals surface area contributed by atoms with Crippen LogP contribution in [-0.4, -0.2) is 34.4 Å². The van der Waals surface area contributed by atoms with Crippen molar-refractivity contribution in [2.45, 2.75) is 26.0 Å². The molecule has 124 valence electrons. The van der Waals surface area contributed by atoms with E-state index in [1.54, 1.807) is 13.0 Å². The fraction of sp³-hybridized carbons (Fsp3) is 0.429. The average Bonchev–Trinajstić information content (AvgIpc) is 3.11. The molecule has 2 aromatic rings. The van der Waals surface area contributed by atoms with Gasteiger partial charge in [0, 0.05) is 6.54 Å². The molecule has 0 spiro atoms. The molecule has 2 N–H and O–H groups in total. The van der Waals surface area contributed by atoms with Crippen LogP contribution in [0.2, 0.25) is 0 Å². The van der Waals surface area contributed by atoms with Crippen LogP contribution in [0.1, 0.15) is 19.6 Å². The molecule has 0 saturated heterocycles. The van der Waals surface area contributed by atoms with E-state index in [-0.39, 0.29) is 11.0 Å². The number of rotatable bonds is 6. The second-order valence-corrected chi connectivity index (χ2v) is 6.13. The van der Waals surface area contributed by atoms with Crippen LogP contribution >= 0.6 is 11.8 Å². The summed E-state index contributed by atoms with van der Waals surface area (Å²) in [6.45, 7) is 6.22. The molecule has 2 rings (SSSR count). The molecule has 0 unspecified atom stereocenters. The number of hydrogen-bond acceptors (Lipinski definition) is 7. The number of nitrogens with one attached hydrogen (secondary N) is 2. The summed E-state index contributed by atoms with van der Waals surface area (Å²) in [4.78, 5) is 23.1. The van der Waals surface area contributed by atoms with Gasteiger partial charge in [0.05, 0.1) is 17.6 Å². The smallest absolute Gasteiger partial charge is 0.321 e. The molecule has 23 heavy (non-hydrogen) atoms. The second kappa shape index (κ2) is 7.82. The highest BCUT2D eigenvalue weighted by atomic mass is 32.2. The number of thioether (sulfide) groups is 1. The van der Waals surface area contributed by atoms with E-state index in [0.29, 0.717) is 29.7 Å². The SMILES string of the molecule is Cc1occc1-c1nnc(SCC(=O)NC(=O)NCC(C)C)o1. The Bertz CT molecular complexity index is 680. The van der Waals surface area contributed by atoms with E-state index in [4.69, 9.17) is 8.83 Å². The maximum absolute atomic E-state index is 11.7. The first kappa shape index (κ1) is 17.1. The van der Waals surface area contributed by atoms with Crippen molar-refractivity contribution in [3.8, 4) is 11.5 Å². The summed E-state index contributed by atoms with van der Waals surface area (Å²) in [5.74, 6) is 0.878. The summed E-state index contributed by atoms with van der Waals surface area (Å²) in [5.41, 5.74) is 0.710. The molecule has 0 aliphatic carbocycles. The number of nitrogens with zero attached hydrogens (tertiary/aromatic N) is 2. The molecule has 0 radical (unpaired) electrons. The minimum Gasteiger partial charge on any atom is -0.469 e. The number of furan rings is 1. The molecule has 3 amide bonds. The Morgan fingerprint density at radius 3 is 2.78 bits per heavy atom. The van der Waals surface area contributed by atoms with Gasteiger partial charge in [0.1, 0.15) is 5.76 Å². The minimum absolute atomic E-state index is 0.00109. The number of aryl methyl sites for hydroxylation is 1. The van der Waals surface area contributed by atoms with Gasteiger partial charge in [-0.15, -0.1) is 10.2 Å². The van der Waals surface area contributed by atoms with Gasteiger partial charge in [0.15, 0.2) is 0 Å². The maximum Gasteiger partial charge on any atom is 0.321 e. The van der Waals surface area contributed by atoms with E-state index >= 15 is 0 Å². The standard InChI is InChI=1S/C14H18N4O4S/c1-8(2)6-15-13(20)16-11(19)7-23-14-18-17-12(22-14)10-4-5-21-9(10)3/h4-5,8H,6-7H2,1-3H3,(H2,15,16,19,20). The molecule has 9 heteroatoms. The third-order valence-corrected chi connectivity index (χ3v) is 3.56. The normalized spacial score (nSPS) is 10.8. The maximum atomic E-state index is 11.7. The topological polar surface area (TPSA) is 110 Å². The quantitative estimate of drug-likeness (QED) is 0.777. The number of carbonyl (C=O) groups is 2. The zero-order valence-electron chi connectivity index (χ0n) is 13.1. The molecular formula is C14H18N4O4S. The van der Waals surface area contributed by atoms with Crippen LogP contribution < -0.4 is 10.6 Å². The first-order valence-corrected chi connectivity index (χ1v) is 8.02. The van der Waals surface area contributed by atoms with Gasteiger partial charge < -0.3 is 14.2 Å². The number of aromatic nitrogens is 2. The monoisotopic (exact) mass is 338 g/mol. The van der Waals surface area contributed by atoms with Crippen molar-refractivity contribution in [1.29, 1.82) is 0 Å². The van der Waals surface area contributed by atoms with Gasteiger partial charge in [-0.05, 0) is 18.9 Å². The van der Waals surface area contributed by atoms with Crippen molar-refractivity contribution in [2.24, 2.45) is 5.92 Å². The lowest BCUT2D eigenvalue weighted by atomic mass is 10.2. The number of hydrogen-bond donors (Lipinski definition) is 2. The second-order valence-electron chi connectivity index (χ2n) is 5.20. The zero-order chi connectivity index (χ0) is 16.8. The van der Waals surface area contributed by atoms with Crippen molar-refractivity contribution in [2.75, 3.05) is 12.3 Å². The van der Waals surface area contributed by atoms with Gasteiger partial charge in [0.25, 0.3) is 11.1 Å². The molecule has 2 heterocycles. The van der Waals surface area contributed by atoms with E-state index in [0.717, 1.165) is 11.8 Å². The highest BCUT2D eigenvalue weighted by Gasteiger charge is 2.15. The minimum atomic E-state index is -0.510. The summed E-state index contributed by atoms with van der Waals surface area (Å²) in [5, 5.41) is 12.8. The number of urea groups is 1. The molecule has 0 bridgehead atoms. The van der Waals surface area contributed by atoms with Crippen LogP contribution in [0.15, 0.2) is 26.4 Å². The molecule has 0 saturated carbocycles. The number of imide groups is 1. The van der Waals surface area contributed by atoms with Crippen LogP contribution in [0.4, 0.5) is 4.79 Å². The van der Waals surface area contributed by atoms with E-state index < -0.39 is 11.9 Å². The molecule has 0 aliphatic heterocycles. The fourth-order valence-corrected chi connectivity index (χ4v) is 2.18. The van der Waals surface area contributed by atoms with Crippen molar-refractivity contribution < 1.29 is 18.4 Å². The van der Waals surface area contributed by atoms with Gasteiger partial charge in [-0.3, -0.25) is 10.1 Å².